The molecule has 1 unspecified atom stereocenters. The van der Waals surface area contributed by atoms with Gasteiger partial charge in [0.05, 0.1) is 11.0 Å². The first-order valence-electron chi connectivity index (χ1n) is 11.4. The van der Waals surface area contributed by atoms with Crippen molar-refractivity contribution in [3.63, 3.8) is 0 Å². The molecule has 1 aliphatic rings. The van der Waals surface area contributed by atoms with Crippen LogP contribution in [0, 0.1) is 21.8 Å². The molecule has 182 valence electrons. The molecule has 0 saturated carbocycles. The second kappa shape index (κ2) is 10.4. The molecule has 0 aliphatic carbocycles. The van der Waals surface area contributed by atoms with Gasteiger partial charge in [0.1, 0.15) is 12.4 Å². The lowest BCUT2D eigenvalue weighted by Crippen LogP contribution is -2.47. The number of benzene rings is 2. The molecular formula is C26H26FN3O4S. The molecule has 0 N–H and O–H groups in total. The first-order valence-corrected chi connectivity index (χ1v) is 12.3. The predicted octanol–water partition coefficient (Wildman–Crippen LogP) is 5.07. The largest absolute Gasteiger partial charge is 0.330 e. The van der Waals surface area contributed by atoms with Gasteiger partial charge in [-0.15, -0.1) is 11.3 Å². The number of hydrogen-bond acceptors (Lipinski definition) is 5. The third-order valence-electron chi connectivity index (χ3n) is 5.97. The molecule has 0 saturated heterocycles. The highest BCUT2D eigenvalue weighted by molar-refractivity contribution is 7.10. The SMILES string of the molecule is CC(C)CN(CC(=O)N1CCc2sccc2C1c1ccc(F)cc1)C(=O)c1cccc([N+](=O)[O-])c1. The summed E-state index contributed by atoms with van der Waals surface area (Å²) in [7, 11) is 0. The lowest BCUT2D eigenvalue weighted by Gasteiger charge is -2.38. The molecule has 35 heavy (non-hydrogen) atoms. The average Bonchev–Trinajstić information content (AvgIpc) is 3.32. The summed E-state index contributed by atoms with van der Waals surface area (Å²) < 4.78 is 13.6. The maximum atomic E-state index is 13.6. The maximum absolute atomic E-state index is 13.6. The first-order chi connectivity index (χ1) is 16.7. The second-order valence-corrected chi connectivity index (χ2v) is 9.98. The van der Waals surface area contributed by atoms with E-state index in [4.69, 9.17) is 0 Å². The Morgan fingerprint density at radius 3 is 2.63 bits per heavy atom. The van der Waals surface area contributed by atoms with E-state index in [2.05, 4.69) is 0 Å². The fourth-order valence-corrected chi connectivity index (χ4v) is 5.34. The number of hydrogen-bond donors (Lipinski definition) is 0. The van der Waals surface area contributed by atoms with E-state index in [9.17, 15) is 24.1 Å². The molecule has 0 fully saturated rings. The number of rotatable bonds is 7. The molecule has 1 aliphatic heterocycles. The van der Waals surface area contributed by atoms with E-state index in [1.807, 2.05) is 25.3 Å². The summed E-state index contributed by atoms with van der Waals surface area (Å²) in [5, 5.41) is 13.2. The van der Waals surface area contributed by atoms with E-state index in [-0.39, 0.29) is 41.5 Å². The molecule has 1 aromatic heterocycles. The van der Waals surface area contributed by atoms with Crippen LogP contribution < -0.4 is 0 Å². The van der Waals surface area contributed by atoms with E-state index in [1.165, 1.54) is 46.2 Å². The summed E-state index contributed by atoms with van der Waals surface area (Å²) in [5.41, 5.74) is 1.81. The number of carbonyl (C=O) groups excluding carboxylic acids is 2. The number of non-ortho nitro benzene ring substituents is 1. The van der Waals surface area contributed by atoms with Crippen LogP contribution in [0.5, 0.6) is 0 Å². The first kappa shape index (κ1) is 24.5. The van der Waals surface area contributed by atoms with Gasteiger partial charge in [0, 0.05) is 35.7 Å². The van der Waals surface area contributed by atoms with Crippen LogP contribution in [0.2, 0.25) is 0 Å². The fourth-order valence-electron chi connectivity index (χ4n) is 4.44. The zero-order valence-electron chi connectivity index (χ0n) is 19.5. The number of carbonyl (C=O) groups is 2. The van der Waals surface area contributed by atoms with Gasteiger partial charge < -0.3 is 9.80 Å². The van der Waals surface area contributed by atoms with Crippen molar-refractivity contribution < 1.29 is 18.9 Å². The third-order valence-corrected chi connectivity index (χ3v) is 6.97. The summed E-state index contributed by atoms with van der Waals surface area (Å²) in [4.78, 5) is 42.0. The topological polar surface area (TPSA) is 83.8 Å². The van der Waals surface area contributed by atoms with Gasteiger partial charge in [-0.2, -0.15) is 0 Å². The molecule has 2 aromatic carbocycles. The summed E-state index contributed by atoms with van der Waals surface area (Å²) in [5.74, 6) is -0.917. The van der Waals surface area contributed by atoms with Crippen LogP contribution in [-0.2, 0) is 11.2 Å². The second-order valence-electron chi connectivity index (χ2n) is 8.98. The minimum absolute atomic E-state index is 0.0863. The Bertz CT molecular complexity index is 1240. The Hall–Kier alpha value is -3.59. The van der Waals surface area contributed by atoms with Gasteiger partial charge in [0.15, 0.2) is 0 Å². The molecular weight excluding hydrogens is 469 g/mol. The lowest BCUT2D eigenvalue weighted by molar-refractivity contribution is -0.384. The highest BCUT2D eigenvalue weighted by Gasteiger charge is 2.34. The van der Waals surface area contributed by atoms with Crippen molar-refractivity contribution in [2.75, 3.05) is 19.6 Å². The Kier molecular flexibility index (Phi) is 7.25. The van der Waals surface area contributed by atoms with Gasteiger partial charge in [0.25, 0.3) is 11.6 Å². The van der Waals surface area contributed by atoms with Crippen LogP contribution in [-0.4, -0.2) is 46.2 Å². The Morgan fingerprint density at radius 2 is 1.94 bits per heavy atom. The number of halogens is 1. The van der Waals surface area contributed by atoms with Gasteiger partial charge in [-0.1, -0.05) is 32.0 Å². The standard InChI is InChI=1S/C26H26FN3O4S/c1-17(2)15-28(26(32)19-4-3-5-21(14-19)30(33)34)16-24(31)29-12-10-23-22(11-13-35-23)25(29)18-6-8-20(27)9-7-18/h3-9,11,13-14,17,25H,10,12,15-16H2,1-2H3. The van der Waals surface area contributed by atoms with Crippen LogP contribution in [0.4, 0.5) is 10.1 Å². The van der Waals surface area contributed by atoms with Crippen LogP contribution in [0.25, 0.3) is 0 Å². The summed E-state index contributed by atoms with van der Waals surface area (Å²) in [6, 6.07) is 13.3. The van der Waals surface area contributed by atoms with Gasteiger partial charge in [-0.05, 0) is 53.1 Å². The maximum Gasteiger partial charge on any atom is 0.270 e. The van der Waals surface area contributed by atoms with Crippen LogP contribution in [0.1, 0.15) is 46.3 Å². The number of amides is 2. The minimum atomic E-state index is -0.547. The molecule has 7 nitrogen and oxygen atoms in total. The molecule has 2 amide bonds. The number of nitro groups is 1. The zero-order chi connectivity index (χ0) is 25.1. The van der Waals surface area contributed by atoms with Crippen molar-refractivity contribution in [1.29, 1.82) is 0 Å². The molecule has 3 aromatic rings. The zero-order valence-corrected chi connectivity index (χ0v) is 20.3. The molecule has 0 spiro atoms. The van der Waals surface area contributed by atoms with Crippen molar-refractivity contribution in [3.05, 3.63) is 97.5 Å². The van der Waals surface area contributed by atoms with Crippen molar-refractivity contribution in [3.8, 4) is 0 Å². The summed E-state index contributed by atoms with van der Waals surface area (Å²) in [6.45, 7) is 4.54. The number of thiophene rings is 1. The highest BCUT2D eigenvalue weighted by Crippen LogP contribution is 2.38. The minimum Gasteiger partial charge on any atom is -0.330 e. The number of nitro benzene ring substituents is 1. The van der Waals surface area contributed by atoms with Crippen LogP contribution >= 0.6 is 11.3 Å². The van der Waals surface area contributed by atoms with Crippen molar-refractivity contribution in [1.82, 2.24) is 9.80 Å². The molecule has 0 radical (unpaired) electrons. The van der Waals surface area contributed by atoms with E-state index in [0.717, 1.165) is 11.1 Å². The smallest absolute Gasteiger partial charge is 0.270 e. The van der Waals surface area contributed by atoms with Crippen molar-refractivity contribution in [2.24, 2.45) is 5.92 Å². The van der Waals surface area contributed by atoms with Gasteiger partial charge in [-0.25, -0.2) is 4.39 Å². The molecule has 2 heterocycles. The fraction of sp³-hybridized carbons (Fsp3) is 0.308. The van der Waals surface area contributed by atoms with Gasteiger partial charge in [0.2, 0.25) is 5.91 Å². The number of fused-ring (bicyclic) bond motifs is 1. The Morgan fingerprint density at radius 1 is 1.20 bits per heavy atom. The highest BCUT2D eigenvalue weighted by atomic mass is 32.1. The summed E-state index contributed by atoms with van der Waals surface area (Å²) in [6.07, 6.45) is 0.708. The van der Waals surface area contributed by atoms with Crippen LogP contribution in [0.3, 0.4) is 0 Å². The lowest BCUT2D eigenvalue weighted by atomic mass is 9.93. The molecule has 9 heteroatoms. The monoisotopic (exact) mass is 495 g/mol. The van der Waals surface area contributed by atoms with Gasteiger partial charge >= 0.3 is 0 Å². The molecule has 4 rings (SSSR count). The predicted molar refractivity (Wildman–Crippen MR) is 132 cm³/mol. The molecule has 1 atom stereocenters. The average molecular weight is 496 g/mol. The van der Waals surface area contributed by atoms with Gasteiger partial charge in [-0.3, -0.25) is 19.7 Å². The van der Waals surface area contributed by atoms with E-state index < -0.39 is 10.8 Å². The Balaban J connectivity index is 1.62. The van der Waals surface area contributed by atoms with E-state index in [0.29, 0.717) is 19.5 Å². The molecule has 0 bridgehead atoms. The quantitative estimate of drug-likeness (QED) is 0.339. The van der Waals surface area contributed by atoms with Crippen molar-refractivity contribution in [2.45, 2.75) is 26.3 Å². The normalized spacial score (nSPS) is 15.1. The number of nitrogens with zero attached hydrogens (tertiary/aromatic N) is 3. The van der Waals surface area contributed by atoms with E-state index in [1.54, 1.807) is 28.4 Å². The Labute approximate surface area is 206 Å². The van der Waals surface area contributed by atoms with E-state index >= 15 is 0 Å². The summed E-state index contributed by atoms with van der Waals surface area (Å²) >= 11 is 1.64. The third kappa shape index (κ3) is 5.40. The van der Waals surface area contributed by atoms with Crippen LogP contribution in [0.15, 0.2) is 60.0 Å². The van der Waals surface area contributed by atoms with Crippen molar-refractivity contribution >= 4 is 28.8 Å².